The molecule has 0 aliphatic carbocycles. The number of hydrogen-bond acceptors (Lipinski definition) is 6. The Morgan fingerprint density at radius 1 is 1.24 bits per heavy atom. The topological polar surface area (TPSA) is 71.5 Å². The largest absolute Gasteiger partial charge is 0.492 e. The normalized spacial score (nSPS) is 17.2. The average Bonchev–Trinajstić information content (AvgIpc) is 3.49. The van der Waals surface area contributed by atoms with E-state index in [2.05, 4.69) is 10.3 Å². The molecule has 2 aliphatic heterocycles. The van der Waals surface area contributed by atoms with Gasteiger partial charge < -0.3 is 15.0 Å². The molecule has 3 heterocycles. The molecule has 34 heavy (non-hydrogen) atoms. The molecule has 0 spiro atoms. The van der Waals surface area contributed by atoms with Gasteiger partial charge in [0.05, 0.1) is 34.0 Å². The van der Waals surface area contributed by atoms with E-state index >= 15 is 0 Å². The fourth-order valence-electron chi connectivity index (χ4n) is 4.25. The number of halogens is 1. The molecule has 9 heteroatoms. The molecule has 2 aliphatic rings. The Bertz CT molecular complexity index is 1230. The second kappa shape index (κ2) is 9.76. The lowest BCUT2D eigenvalue weighted by Crippen LogP contribution is -2.44. The molecule has 0 bridgehead atoms. The highest BCUT2D eigenvalue weighted by Gasteiger charge is 2.33. The summed E-state index contributed by atoms with van der Waals surface area (Å²) in [5.74, 6) is 1.23. The monoisotopic (exact) mass is 497 g/mol. The Labute approximate surface area is 205 Å². The van der Waals surface area contributed by atoms with E-state index in [9.17, 15) is 14.0 Å². The van der Waals surface area contributed by atoms with Crippen LogP contribution in [0.3, 0.4) is 0 Å². The van der Waals surface area contributed by atoms with Crippen molar-refractivity contribution in [3.8, 4) is 16.2 Å². The van der Waals surface area contributed by atoms with Crippen LogP contribution in [0.15, 0.2) is 42.5 Å². The van der Waals surface area contributed by atoms with E-state index in [4.69, 9.17) is 4.74 Å². The number of aryl methyl sites for hydroxylation is 2. The zero-order valence-corrected chi connectivity index (χ0v) is 20.3. The number of nitrogens with zero attached hydrogens (tertiary/aromatic N) is 2. The number of fused-ring (bicyclic) bond motifs is 1. The zero-order chi connectivity index (χ0) is 23.7. The number of para-hydroxylation sites is 1. The van der Waals surface area contributed by atoms with E-state index in [1.54, 1.807) is 34.9 Å². The third-order valence-corrected chi connectivity index (χ3v) is 8.06. The highest BCUT2D eigenvalue weighted by molar-refractivity contribution is 7.99. The molecule has 1 aromatic heterocycles. The molecular formula is C25H24FN3O3S2. The molecule has 1 saturated heterocycles. The van der Waals surface area contributed by atoms with Crippen LogP contribution >= 0.6 is 23.1 Å². The number of amides is 2. The van der Waals surface area contributed by atoms with Crippen molar-refractivity contribution in [3.05, 3.63) is 70.1 Å². The summed E-state index contributed by atoms with van der Waals surface area (Å²) in [6, 6.07) is 11.6. The minimum absolute atomic E-state index is 0.148. The first-order chi connectivity index (χ1) is 16.5. The predicted octanol–water partition coefficient (Wildman–Crippen LogP) is 4.53. The number of thioether (sulfide) groups is 1. The van der Waals surface area contributed by atoms with Gasteiger partial charge in [-0.2, -0.15) is 0 Å². The maximum atomic E-state index is 13.5. The third kappa shape index (κ3) is 4.54. The number of nitrogens with one attached hydrogen (secondary N) is 1. The number of hydrogen-bond donors (Lipinski definition) is 1. The fraction of sp³-hybridized carbons (Fsp3) is 0.320. The molecule has 2 amide bonds. The molecule has 6 nitrogen and oxygen atoms in total. The number of aromatic nitrogens is 1. The predicted molar refractivity (Wildman–Crippen MR) is 132 cm³/mol. The average molecular weight is 498 g/mol. The van der Waals surface area contributed by atoms with Crippen LogP contribution in [0.25, 0.3) is 10.4 Å². The van der Waals surface area contributed by atoms with Crippen LogP contribution < -0.4 is 10.1 Å². The molecule has 0 saturated carbocycles. The van der Waals surface area contributed by atoms with Crippen LogP contribution in [-0.4, -0.2) is 52.5 Å². The first-order valence-corrected chi connectivity index (χ1v) is 13.1. The third-order valence-electron chi connectivity index (χ3n) is 5.96. The molecule has 5 rings (SSSR count). The standard InChI is InChI=1S/C25H24FN3O3S2/c1-15-28-21(23(34-15)17-7-9-18(26)10-8-17)25(31)29-14-33-13-19(29)12-27-24(30)20-6-2-4-16-5-3-11-32-22(16)20/h2,4,6-10,19H,3,5,11-14H2,1H3,(H,27,30)/t19-/m1/s1. The van der Waals surface area contributed by atoms with E-state index in [0.29, 0.717) is 36.0 Å². The van der Waals surface area contributed by atoms with Gasteiger partial charge in [-0.25, -0.2) is 9.37 Å². The molecular weight excluding hydrogens is 473 g/mol. The second-order valence-corrected chi connectivity index (χ2v) is 10.5. The van der Waals surface area contributed by atoms with Crippen molar-refractivity contribution in [2.75, 3.05) is 24.8 Å². The van der Waals surface area contributed by atoms with Crippen molar-refractivity contribution in [2.45, 2.75) is 25.8 Å². The van der Waals surface area contributed by atoms with Gasteiger partial charge >= 0.3 is 0 Å². The molecule has 1 N–H and O–H groups in total. The van der Waals surface area contributed by atoms with Crippen molar-refractivity contribution in [3.63, 3.8) is 0 Å². The summed E-state index contributed by atoms with van der Waals surface area (Å²) < 4.78 is 19.2. The summed E-state index contributed by atoms with van der Waals surface area (Å²) >= 11 is 3.07. The van der Waals surface area contributed by atoms with Gasteiger partial charge in [0.25, 0.3) is 11.8 Å². The summed E-state index contributed by atoms with van der Waals surface area (Å²) in [4.78, 5) is 33.4. The van der Waals surface area contributed by atoms with Crippen molar-refractivity contribution in [1.82, 2.24) is 15.2 Å². The van der Waals surface area contributed by atoms with Crippen LogP contribution in [0.2, 0.25) is 0 Å². The van der Waals surface area contributed by atoms with E-state index < -0.39 is 0 Å². The first-order valence-electron chi connectivity index (χ1n) is 11.2. The molecule has 176 valence electrons. The summed E-state index contributed by atoms with van der Waals surface area (Å²) in [6.45, 7) is 2.81. The molecule has 2 aromatic carbocycles. The van der Waals surface area contributed by atoms with E-state index in [1.165, 1.54) is 23.5 Å². The smallest absolute Gasteiger partial charge is 0.275 e. The molecule has 0 radical (unpaired) electrons. The van der Waals surface area contributed by atoms with Crippen LogP contribution in [0.1, 0.15) is 37.8 Å². The number of ether oxygens (including phenoxy) is 1. The summed E-state index contributed by atoms with van der Waals surface area (Å²) in [5, 5.41) is 3.77. The highest BCUT2D eigenvalue weighted by atomic mass is 32.2. The number of carbonyl (C=O) groups excluding carboxylic acids is 2. The Morgan fingerprint density at radius 2 is 2.06 bits per heavy atom. The van der Waals surface area contributed by atoms with Crippen molar-refractivity contribution < 1.29 is 18.7 Å². The van der Waals surface area contributed by atoms with Gasteiger partial charge in [-0.3, -0.25) is 9.59 Å². The first kappa shape index (κ1) is 22.9. The summed E-state index contributed by atoms with van der Waals surface area (Å²) in [5.41, 5.74) is 2.73. The maximum absolute atomic E-state index is 13.5. The van der Waals surface area contributed by atoms with Crippen LogP contribution in [0, 0.1) is 12.7 Å². The van der Waals surface area contributed by atoms with E-state index in [-0.39, 0.29) is 23.7 Å². The lowest BCUT2D eigenvalue weighted by Gasteiger charge is -2.24. The van der Waals surface area contributed by atoms with Gasteiger partial charge in [0.2, 0.25) is 0 Å². The van der Waals surface area contributed by atoms with Crippen LogP contribution in [-0.2, 0) is 6.42 Å². The minimum atomic E-state index is -0.324. The minimum Gasteiger partial charge on any atom is -0.492 e. The Balaban J connectivity index is 1.31. The van der Waals surface area contributed by atoms with Crippen LogP contribution in [0.4, 0.5) is 4.39 Å². The van der Waals surface area contributed by atoms with Gasteiger partial charge in [0.1, 0.15) is 17.3 Å². The molecule has 1 atom stereocenters. The van der Waals surface area contributed by atoms with E-state index in [0.717, 1.165) is 39.6 Å². The quantitative estimate of drug-likeness (QED) is 0.561. The number of carbonyl (C=O) groups is 2. The maximum Gasteiger partial charge on any atom is 0.275 e. The number of thiazole rings is 1. The van der Waals surface area contributed by atoms with Gasteiger partial charge in [-0.1, -0.05) is 24.3 Å². The van der Waals surface area contributed by atoms with Gasteiger partial charge in [0, 0.05) is 12.3 Å². The van der Waals surface area contributed by atoms with Gasteiger partial charge in [-0.15, -0.1) is 23.1 Å². The SMILES string of the molecule is Cc1nc(C(=O)N2CSC[C@H]2CNC(=O)c2cccc3c2OCCC3)c(-c2ccc(F)cc2)s1. The lowest BCUT2D eigenvalue weighted by molar-refractivity contribution is 0.0731. The second-order valence-electron chi connectivity index (χ2n) is 8.30. The number of benzene rings is 2. The van der Waals surface area contributed by atoms with E-state index in [1.807, 2.05) is 19.1 Å². The summed E-state index contributed by atoms with van der Waals surface area (Å²) in [6.07, 6.45) is 1.85. The Kier molecular flexibility index (Phi) is 6.56. The van der Waals surface area contributed by atoms with Gasteiger partial charge in [0.15, 0.2) is 0 Å². The molecule has 3 aromatic rings. The van der Waals surface area contributed by atoms with Gasteiger partial charge in [-0.05, 0) is 49.1 Å². The number of rotatable bonds is 5. The van der Waals surface area contributed by atoms with Crippen molar-refractivity contribution in [1.29, 1.82) is 0 Å². The van der Waals surface area contributed by atoms with Crippen molar-refractivity contribution in [2.24, 2.45) is 0 Å². The lowest BCUT2D eigenvalue weighted by atomic mass is 10.0. The zero-order valence-electron chi connectivity index (χ0n) is 18.7. The summed E-state index contributed by atoms with van der Waals surface area (Å²) in [7, 11) is 0. The highest BCUT2D eigenvalue weighted by Crippen LogP contribution is 2.33. The fourth-order valence-corrected chi connectivity index (χ4v) is 6.37. The Morgan fingerprint density at radius 3 is 2.88 bits per heavy atom. The molecule has 0 unspecified atom stereocenters. The van der Waals surface area contributed by atoms with Crippen LogP contribution in [0.5, 0.6) is 5.75 Å². The molecule has 1 fully saturated rings. The van der Waals surface area contributed by atoms with Crippen molar-refractivity contribution >= 4 is 34.9 Å². The Hall–Kier alpha value is -2.91.